The van der Waals surface area contributed by atoms with Gasteiger partial charge in [-0.15, -0.1) is 0 Å². The van der Waals surface area contributed by atoms with Crippen molar-refractivity contribution in [2.75, 3.05) is 19.7 Å². The first-order valence-electron chi connectivity index (χ1n) is 5.64. The van der Waals surface area contributed by atoms with Crippen molar-refractivity contribution >= 4 is 0 Å². The van der Waals surface area contributed by atoms with Crippen molar-refractivity contribution in [1.29, 1.82) is 0 Å². The molecule has 0 aromatic rings. The van der Waals surface area contributed by atoms with Crippen molar-refractivity contribution in [1.82, 2.24) is 4.90 Å². The van der Waals surface area contributed by atoms with Crippen LogP contribution in [-0.2, 0) is 4.74 Å². The molecule has 0 bridgehead atoms. The molecule has 1 saturated heterocycles. The van der Waals surface area contributed by atoms with E-state index in [-0.39, 0.29) is 30.4 Å². The average molecular weight is 216 g/mol. The molecule has 0 radical (unpaired) electrons. The van der Waals surface area contributed by atoms with Crippen LogP contribution in [0.15, 0.2) is 0 Å². The van der Waals surface area contributed by atoms with E-state index in [2.05, 4.69) is 25.7 Å². The standard InChI is InChI=1S/C11H24N2O2/c1-8-5-13(7-11(3,4)15-8)10(6-14)9(2)12/h8-10,14H,5-7,12H2,1-4H3. The molecule has 1 aliphatic rings. The highest BCUT2D eigenvalue weighted by Crippen LogP contribution is 2.22. The van der Waals surface area contributed by atoms with Gasteiger partial charge < -0.3 is 15.6 Å². The fourth-order valence-electron chi connectivity index (χ4n) is 2.37. The maximum absolute atomic E-state index is 9.34. The third kappa shape index (κ3) is 3.41. The summed E-state index contributed by atoms with van der Waals surface area (Å²) in [6.07, 6.45) is 0.196. The summed E-state index contributed by atoms with van der Waals surface area (Å²) < 4.78 is 5.81. The van der Waals surface area contributed by atoms with Gasteiger partial charge in [-0.05, 0) is 27.7 Å². The van der Waals surface area contributed by atoms with Gasteiger partial charge in [-0.2, -0.15) is 0 Å². The molecule has 0 saturated carbocycles. The van der Waals surface area contributed by atoms with Gasteiger partial charge in [0.2, 0.25) is 0 Å². The minimum absolute atomic E-state index is 0.0175. The highest BCUT2D eigenvalue weighted by atomic mass is 16.5. The normalized spacial score (nSPS) is 31.2. The van der Waals surface area contributed by atoms with Gasteiger partial charge in [0.05, 0.1) is 18.3 Å². The number of nitrogens with two attached hydrogens (primary N) is 1. The van der Waals surface area contributed by atoms with Gasteiger partial charge in [0.15, 0.2) is 0 Å². The Morgan fingerprint density at radius 2 is 2.20 bits per heavy atom. The number of morpholine rings is 1. The molecule has 90 valence electrons. The third-order valence-corrected chi connectivity index (χ3v) is 2.86. The quantitative estimate of drug-likeness (QED) is 0.707. The molecule has 1 rings (SSSR count). The summed E-state index contributed by atoms with van der Waals surface area (Å²) in [6.45, 7) is 9.93. The smallest absolute Gasteiger partial charge is 0.0757 e. The Bertz CT molecular complexity index is 207. The number of hydrogen-bond acceptors (Lipinski definition) is 4. The van der Waals surface area contributed by atoms with Gasteiger partial charge in [-0.3, -0.25) is 4.90 Å². The van der Waals surface area contributed by atoms with Crippen LogP contribution in [0.3, 0.4) is 0 Å². The molecule has 1 fully saturated rings. The Balaban J connectivity index is 2.68. The first kappa shape index (κ1) is 12.9. The lowest BCUT2D eigenvalue weighted by Gasteiger charge is -2.45. The van der Waals surface area contributed by atoms with Crippen molar-refractivity contribution in [3.05, 3.63) is 0 Å². The minimum atomic E-state index is -0.153. The molecule has 3 N–H and O–H groups in total. The molecule has 0 aromatic heterocycles. The monoisotopic (exact) mass is 216 g/mol. The second-order valence-electron chi connectivity index (χ2n) is 5.23. The Morgan fingerprint density at radius 3 is 2.60 bits per heavy atom. The number of nitrogens with zero attached hydrogens (tertiary/aromatic N) is 1. The fourth-order valence-corrected chi connectivity index (χ4v) is 2.37. The minimum Gasteiger partial charge on any atom is -0.395 e. The molecule has 4 heteroatoms. The van der Waals surface area contributed by atoms with Crippen LogP contribution in [-0.4, -0.2) is 53.5 Å². The molecular formula is C11H24N2O2. The van der Waals surface area contributed by atoms with E-state index in [1.165, 1.54) is 0 Å². The third-order valence-electron chi connectivity index (χ3n) is 2.86. The summed E-state index contributed by atoms with van der Waals surface area (Å²) >= 11 is 0. The zero-order valence-electron chi connectivity index (χ0n) is 10.2. The van der Waals surface area contributed by atoms with E-state index in [0.717, 1.165) is 13.1 Å². The molecule has 0 amide bonds. The van der Waals surface area contributed by atoms with E-state index in [0.29, 0.717) is 0 Å². The van der Waals surface area contributed by atoms with Crippen LogP contribution in [0.25, 0.3) is 0 Å². The summed E-state index contributed by atoms with van der Waals surface area (Å²) in [4.78, 5) is 2.23. The lowest BCUT2D eigenvalue weighted by atomic mass is 10.0. The van der Waals surface area contributed by atoms with Crippen molar-refractivity contribution in [2.45, 2.75) is 51.5 Å². The molecule has 0 spiro atoms. The summed E-state index contributed by atoms with van der Waals surface area (Å²) in [5.74, 6) is 0. The van der Waals surface area contributed by atoms with E-state index in [1.807, 2.05) is 6.92 Å². The topological polar surface area (TPSA) is 58.7 Å². The number of rotatable bonds is 3. The molecule has 0 aliphatic carbocycles. The average Bonchev–Trinajstić information content (AvgIpc) is 1.99. The van der Waals surface area contributed by atoms with Gasteiger partial charge >= 0.3 is 0 Å². The highest BCUT2D eigenvalue weighted by molar-refractivity contribution is 4.89. The zero-order valence-corrected chi connectivity index (χ0v) is 10.2. The van der Waals surface area contributed by atoms with E-state index in [9.17, 15) is 5.11 Å². The molecular weight excluding hydrogens is 192 g/mol. The molecule has 15 heavy (non-hydrogen) atoms. The number of aliphatic hydroxyl groups is 1. The predicted molar refractivity (Wildman–Crippen MR) is 60.7 cm³/mol. The molecule has 4 nitrogen and oxygen atoms in total. The Hall–Kier alpha value is -0.160. The first-order valence-corrected chi connectivity index (χ1v) is 5.64. The Kier molecular flexibility index (Phi) is 4.12. The van der Waals surface area contributed by atoms with E-state index in [1.54, 1.807) is 0 Å². The number of aliphatic hydroxyl groups excluding tert-OH is 1. The molecule has 1 heterocycles. The lowest BCUT2D eigenvalue weighted by molar-refractivity contribution is -0.142. The SMILES string of the molecule is CC1CN(C(CO)C(C)N)CC(C)(C)O1. The lowest BCUT2D eigenvalue weighted by Crippen LogP contribution is -2.59. The van der Waals surface area contributed by atoms with E-state index in [4.69, 9.17) is 10.5 Å². The second-order valence-corrected chi connectivity index (χ2v) is 5.23. The van der Waals surface area contributed by atoms with Crippen LogP contribution in [0.2, 0.25) is 0 Å². The molecule has 3 unspecified atom stereocenters. The summed E-state index contributed by atoms with van der Waals surface area (Å²) in [5.41, 5.74) is 5.72. The van der Waals surface area contributed by atoms with Crippen LogP contribution in [0.1, 0.15) is 27.7 Å². The van der Waals surface area contributed by atoms with Crippen LogP contribution >= 0.6 is 0 Å². The van der Waals surface area contributed by atoms with Crippen LogP contribution < -0.4 is 5.73 Å². The summed E-state index contributed by atoms with van der Waals surface area (Å²) in [7, 11) is 0. The Morgan fingerprint density at radius 1 is 1.60 bits per heavy atom. The summed E-state index contributed by atoms with van der Waals surface area (Å²) in [6, 6.07) is 0.0201. The van der Waals surface area contributed by atoms with E-state index >= 15 is 0 Å². The molecule has 0 aromatic carbocycles. The fraction of sp³-hybridized carbons (Fsp3) is 1.00. The largest absolute Gasteiger partial charge is 0.395 e. The number of hydrogen-bond donors (Lipinski definition) is 2. The maximum atomic E-state index is 9.34. The zero-order chi connectivity index (χ0) is 11.6. The highest BCUT2D eigenvalue weighted by Gasteiger charge is 2.35. The Labute approximate surface area is 92.4 Å². The first-order chi connectivity index (χ1) is 6.85. The van der Waals surface area contributed by atoms with Gasteiger partial charge in [-0.25, -0.2) is 0 Å². The van der Waals surface area contributed by atoms with Gasteiger partial charge in [-0.1, -0.05) is 0 Å². The predicted octanol–water partition coefficient (Wildman–Crippen LogP) is 0.194. The van der Waals surface area contributed by atoms with Crippen molar-refractivity contribution in [3.8, 4) is 0 Å². The van der Waals surface area contributed by atoms with Crippen LogP contribution in [0.4, 0.5) is 0 Å². The maximum Gasteiger partial charge on any atom is 0.0757 e. The van der Waals surface area contributed by atoms with Crippen LogP contribution in [0, 0.1) is 0 Å². The van der Waals surface area contributed by atoms with Gasteiger partial charge in [0.1, 0.15) is 0 Å². The molecule has 1 aliphatic heterocycles. The molecule has 3 atom stereocenters. The van der Waals surface area contributed by atoms with Crippen molar-refractivity contribution in [2.24, 2.45) is 5.73 Å². The van der Waals surface area contributed by atoms with Crippen LogP contribution in [0.5, 0.6) is 0 Å². The summed E-state index contributed by atoms with van der Waals surface area (Å²) in [5, 5.41) is 9.34. The van der Waals surface area contributed by atoms with Gasteiger partial charge in [0.25, 0.3) is 0 Å². The number of ether oxygens (including phenoxy) is 1. The van der Waals surface area contributed by atoms with Gasteiger partial charge in [0, 0.05) is 25.2 Å². The second kappa shape index (κ2) is 4.78. The van der Waals surface area contributed by atoms with Crippen molar-refractivity contribution < 1.29 is 9.84 Å². The van der Waals surface area contributed by atoms with E-state index < -0.39 is 0 Å². The van der Waals surface area contributed by atoms with Crippen molar-refractivity contribution in [3.63, 3.8) is 0 Å².